The molecule has 1 heterocycles. The molecule has 0 saturated carbocycles. The van der Waals surface area contributed by atoms with Gasteiger partial charge in [-0.2, -0.15) is 0 Å². The zero-order valence-electron chi connectivity index (χ0n) is 7.93. The Kier molecular flexibility index (Phi) is 3.33. The zero-order chi connectivity index (χ0) is 10.8. The molecule has 2 N–H and O–H groups in total. The minimum absolute atomic E-state index is 0.0244. The smallest absolute Gasteiger partial charge is 0.407 e. The van der Waals surface area contributed by atoms with Crippen LogP contribution in [0.1, 0.15) is 13.3 Å². The monoisotopic (exact) mass is 222 g/mol. The molecular weight excluding hydrogens is 208 g/mol. The first-order valence-corrected chi connectivity index (χ1v) is 6.07. The normalized spacial score (nSPS) is 22.6. The van der Waals surface area contributed by atoms with Crippen LogP contribution < -0.4 is 4.72 Å². The Morgan fingerprint density at radius 1 is 1.64 bits per heavy atom. The predicted molar refractivity (Wildman–Crippen MR) is 50.6 cm³/mol. The summed E-state index contributed by atoms with van der Waals surface area (Å²) in [4.78, 5) is 11.7. The van der Waals surface area contributed by atoms with Crippen LogP contribution in [0.2, 0.25) is 0 Å². The van der Waals surface area contributed by atoms with Gasteiger partial charge in [0.15, 0.2) is 0 Å². The van der Waals surface area contributed by atoms with E-state index < -0.39 is 16.1 Å². The van der Waals surface area contributed by atoms with Crippen molar-refractivity contribution in [2.24, 2.45) is 0 Å². The molecule has 1 aliphatic heterocycles. The summed E-state index contributed by atoms with van der Waals surface area (Å²) in [6.07, 6.45) is -0.450. The summed E-state index contributed by atoms with van der Waals surface area (Å²) in [6, 6.07) is -0.268. The molecule has 82 valence electrons. The highest BCUT2D eigenvalue weighted by atomic mass is 32.2. The van der Waals surface area contributed by atoms with E-state index in [2.05, 4.69) is 4.72 Å². The number of amides is 1. The lowest BCUT2D eigenvalue weighted by molar-refractivity contribution is 0.155. The first-order chi connectivity index (χ1) is 6.44. The van der Waals surface area contributed by atoms with Crippen LogP contribution in [-0.2, 0) is 10.0 Å². The van der Waals surface area contributed by atoms with Crippen molar-refractivity contribution in [3.05, 3.63) is 0 Å². The summed E-state index contributed by atoms with van der Waals surface area (Å²) < 4.78 is 24.8. The van der Waals surface area contributed by atoms with Crippen LogP contribution in [-0.4, -0.2) is 49.4 Å². The number of nitrogens with one attached hydrogen (secondary N) is 1. The molecule has 0 bridgehead atoms. The van der Waals surface area contributed by atoms with Gasteiger partial charge in [0.1, 0.15) is 0 Å². The van der Waals surface area contributed by atoms with Gasteiger partial charge < -0.3 is 10.0 Å². The van der Waals surface area contributed by atoms with Crippen molar-refractivity contribution in [3.8, 4) is 0 Å². The van der Waals surface area contributed by atoms with E-state index in [1.807, 2.05) is 0 Å². The summed E-state index contributed by atoms with van der Waals surface area (Å²) in [5.74, 6) is 0.0244. The van der Waals surface area contributed by atoms with Crippen molar-refractivity contribution >= 4 is 16.1 Å². The van der Waals surface area contributed by atoms with Crippen LogP contribution >= 0.6 is 0 Å². The van der Waals surface area contributed by atoms with Gasteiger partial charge >= 0.3 is 6.09 Å². The van der Waals surface area contributed by atoms with Gasteiger partial charge in [-0.25, -0.2) is 17.9 Å². The first-order valence-electron chi connectivity index (χ1n) is 4.42. The highest BCUT2D eigenvalue weighted by Gasteiger charge is 2.28. The largest absolute Gasteiger partial charge is 0.465 e. The quantitative estimate of drug-likeness (QED) is 0.685. The van der Waals surface area contributed by atoms with E-state index in [4.69, 9.17) is 5.11 Å². The van der Waals surface area contributed by atoms with E-state index >= 15 is 0 Å². The van der Waals surface area contributed by atoms with Crippen molar-refractivity contribution in [2.75, 3.05) is 18.8 Å². The Labute approximate surface area is 82.9 Å². The van der Waals surface area contributed by atoms with Crippen molar-refractivity contribution in [3.63, 3.8) is 0 Å². The van der Waals surface area contributed by atoms with Gasteiger partial charge in [0.2, 0.25) is 10.0 Å². The molecule has 0 aromatic carbocycles. The lowest BCUT2D eigenvalue weighted by Crippen LogP contribution is -2.38. The minimum Gasteiger partial charge on any atom is -0.465 e. The molecule has 1 rings (SSSR count). The highest BCUT2D eigenvalue weighted by molar-refractivity contribution is 7.89. The van der Waals surface area contributed by atoms with Crippen LogP contribution in [0.5, 0.6) is 0 Å². The molecule has 7 heteroatoms. The fourth-order valence-electron chi connectivity index (χ4n) is 1.37. The maximum atomic E-state index is 11.2. The molecule has 0 aliphatic carbocycles. The summed E-state index contributed by atoms with van der Waals surface area (Å²) in [6.45, 7) is 2.19. The van der Waals surface area contributed by atoms with Gasteiger partial charge in [0.25, 0.3) is 0 Å². The van der Waals surface area contributed by atoms with Gasteiger partial charge in [0, 0.05) is 19.1 Å². The topological polar surface area (TPSA) is 86.7 Å². The number of carbonyl (C=O) groups is 1. The fourth-order valence-corrected chi connectivity index (χ4v) is 2.23. The second kappa shape index (κ2) is 4.14. The zero-order valence-corrected chi connectivity index (χ0v) is 8.75. The average Bonchev–Trinajstić information content (AvgIpc) is 2.52. The van der Waals surface area contributed by atoms with E-state index in [-0.39, 0.29) is 18.3 Å². The molecule has 0 spiro atoms. The van der Waals surface area contributed by atoms with Crippen LogP contribution in [0.4, 0.5) is 4.79 Å². The molecule has 0 radical (unpaired) electrons. The number of hydrogen-bond acceptors (Lipinski definition) is 3. The van der Waals surface area contributed by atoms with E-state index in [0.29, 0.717) is 13.0 Å². The number of rotatable bonds is 3. The van der Waals surface area contributed by atoms with Crippen LogP contribution in [0.25, 0.3) is 0 Å². The molecule has 1 saturated heterocycles. The SMILES string of the molecule is CCS(=O)(=O)NC1CCN(C(=O)O)C1. The third kappa shape index (κ3) is 2.85. The summed E-state index contributed by atoms with van der Waals surface area (Å²) >= 11 is 0. The maximum absolute atomic E-state index is 11.2. The Balaban J connectivity index is 2.48. The molecular formula is C7H14N2O4S. The summed E-state index contributed by atoms with van der Waals surface area (Å²) in [5, 5.41) is 8.64. The van der Waals surface area contributed by atoms with Gasteiger partial charge in [-0.05, 0) is 13.3 Å². The molecule has 14 heavy (non-hydrogen) atoms. The maximum Gasteiger partial charge on any atom is 0.407 e. The number of nitrogens with zero attached hydrogens (tertiary/aromatic N) is 1. The van der Waals surface area contributed by atoms with Crippen LogP contribution in [0.3, 0.4) is 0 Å². The van der Waals surface area contributed by atoms with Crippen molar-refractivity contribution in [1.82, 2.24) is 9.62 Å². The Morgan fingerprint density at radius 3 is 2.71 bits per heavy atom. The van der Waals surface area contributed by atoms with E-state index in [1.54, 1.807) is 6.92 Å². The number of carboxylic acid groups (broad SMARTS) is 1. The van der Waals surface area contributed by atoms with E-state index in [0.717, 1.165) is 0 Å². The molecule has 6 nitrogen and oxygen atoms in total. The number of likely N-dealkylation sites (tertiary alicyclic amines) is 1. The first kappa shape index (κ1) is 11.3. The third-order valence-corrected chi connectivity index (χ3v) is 3.64. The molecule has 0 aromatic heterocycles. The standard InChI is InChI=1S/C7H14N2O4S/c1-2-14(12,13)8-6-3-4-9(5-6)7(10)11/h6,8H,2-5H2,1H3,(H,10,11). The van der Waals surface area contributed by atoms with Gasteiger partial charge in [0.05, 0.1) is 5.75 Å². The molecule has 1 fully saturated rings. The second-order valence-electron chi connectivity index (χ2n) is 3.24. The fraction of sp³-hybridized carbons (Fsp3) is 0.857. The second-order valence-corrected chi connectivity index (χ2v) is 5.28. The van der Waals surface area contributed by atoms with Gasteiger partial charge in [-0.1, -0.05) is 0 Å². The van der Waals surface area contributed by atoms with Crippen molar-refractivity contribution < 1.29 is 18.3 Å². The lowest BCUT2D eigenvalue weighted by atomic mass is 10.3. The van der Waals surface area contributed by atoms with Crippen molar-refractivity contribution in [2.45, 2.75) is 19.4 Å². The van der Waals surface area contributed by atoms with E-state index in [1.165, 1.54) is 4.90 Å². The summed E-state index contributed by atoms with van der Waals surface area (Å²) in [5.41, 5.74) is 0. The highest BCUT2D eigenvalue weighted by Crippen LogP contribution is 2.09. The lowest BCUT2D eigenvalue weighted by Gasteiger charge is -2.13. The predicted octanol–water partition coefficient (Wildman–Crippen LogP) is -0.322. The third-order valence-electron chi connectivity index (χ3n) is 2.19. The van der Waals surface area contributed by atoms with Crippen LogP contribution in [0.15, 0.2) is 0 Å². The molecule has 1 atom stereocenters. The Hall–Kier alpha value is -0.820. The molecule has 0 aromatic rings. The van der Waals surface area contributed by atoms with Gasteiger partial charge in [-0.3, -0.25) is 0 Å². The minimum atomic E-state index is -3.22. The number of sulfonamides is 1. The molecule has 1 unspecified atom stereocenters. The van der Waals surface area contributed by atoms with E-state index in [9.17, 15) is 13.2 Å². The Morgan fingerprint density at radius 2 is 2.29 bits per heavy atom. The Bertz CT molecular complexity index is 314. The summed E-state index contributed by atoms with van der Waals surface area (Å²) in [7, 11) is -3.22. The molecule has 1 aliphatic rings. The van der Waals surface area contributed by atoms with Crippen LogP contribution in [0, 0.1) is 0 Å². The molecule has 1 amide bonds. The van der Waals surface area contributed by atoms with Crippen molar-refractivity contribution in [1.29, 1.82) is 0 Å². The number of hydrogen-bond donors (Lipinski definition) is 2. The average molecular weight is 222 g/mol. The van der Waals surface area contributed by atoms with Gasteiger partial charge in [-0.15, -0.1) is 0 Å².